The molecule has 1 aromatic heterocycles. The number of halogens is 1. The van der Waals surface area contributed by atoms with Gasteiger partial charge >= 0.3 is 0 Å². The van der Waals surface area contributed by atoms with E-state index in [1.165, 1.54) is 11.3 Å². The van der Waals surface area contributed by atoms with Crippen molar-refractivity contribution in [1.82, 2.24) is 0 Å². The summed E-state index contributed by atoms with van der Waals surface area (Å²) in [6, 6.07) is 5.64. The van der Waals surface area contributed by atoms with Gasteiger partial charge < -0.3 is 0 Å². The van der Waals surface area contributed by atoms with Crippen LogP contribution in [0.15, 0.2) is 17.0 Å². The quantitative estimate of drug-likeness (QED) is 0.600. The Morgan fingerprint density at radius 2 is 2.23 bits per heavy atom. The van der Waals surface area contributed by atoms with Crippen LogP contribution in [0.3, 0.4) is 0 Å². The van der Waals surface area contributed by atoms with Crippen molar-refractivity contribution in [1.29, 1.82) is 10.5 Å². The molecule has 1 heterocycles. The maximum absolute atomic E-state index is 8.54. The van der Waals surface area contributed by atoms with Crippen molar-refractivity contribution in [3.8, 4) is 12.1 Å². The number of allylic oxidation sites excluding steroid dienone is 1. The summed E-state index contributed by atoms with van der Waals surface area (Å²) >= 11 is 4.86. The van der Waals surface area contributed by atoms with Gasteiger partial charge in [0.25, 0.3) is 0 Å². The maximum atomic E-state index is 8.54. The summed E-state index contributed by atoms with van der Waals surface area (Å²) < 4.78 is 0. The molecule has 0 unspecified atom stereocenters. The van der Waals surface area contributed by atoms with Gasteiger partial charge in [-0.15, -0.1) is 11.3 Å². The Hall–Kier alpha value is -1.10. The first-order valence-corrected chi connectivity index (χ1v) is 5.46. The second-order valence-corrected chi connectivity index (χ2v) is 3.73. The molecule has 0 aliphatic heterocycles. The maximum Gasteiger partial charge on any atom is 0.131 e. The first-order chi connectivity index (χ1) is 6.31. The summed E-state index contributed by atoms with van der Waals surface area (Å²) in [6.45, 7) is 0. The van der Waals surface area contributed by atoms with E-state index in [2.05, 4.69) is 15.9 Å². The van der Waals surface area contributed by atoms with Crippen LogP contribution in [-0.4, -0.2) is 0 Å². The molecule has 0 aliphatic carbocycles. The summed E-state index contributed by atoms with van der Waals surface area (Å²) in [6.07, 6.45) is 1.61. The smallest absolute Gasteiger partial charge is 0.131 e. The second-order valence-electron chi connectivity index (χ2n) is 2.23. The SMILES string of the molecule is N#CC(C#N)=Cc1sccc1CBr. The van der Waals surface area contributed by atoms with Crippen molar-refractivity contribution in [2.75, 3.05) is 0 Å². The number of rotatable bonds is 2. The molecule has 64 valence electrons. The Balaban J connectivity index is 3.05. The van der Waals surface area contributed by atoms with Gasteiger partial charge in [-0.05, 0) is 23.1 Å². The predicted molar refractivity (Wildman–Crippen MR) is 56.2 cm³/mol. The van der Waals surface area contributed by atoms with Crippen LogP contribution in [0.2, 0.25) is 0 Å². The fourth-order valence-corrected chi connectivity index (χ4v) is 2.34. The van der Waals surface area contributed by atoms with Gasteiger partial charge in [0.05, 0.1) is 0 Å². The zero-order valence-corrected chi connectivity index (χ0v) is 9.02. The number of thiophene rings is 1. The van der Waals surface area contributed by atoms with Crippen molar-refractivity contribution >= 4 is 33.3 Å². The Bertz CT molecular complexity index is 390. The van der Waals surface area contributed by atoms with E-state index in [1.54, 1.807) is 6.08 Å². The molecule has 1 aromatic rings. The van der Waals surface area contributed by atoms with E-state index in [0.29, 0.717) is 0 Å². The number of nitriles is 2. The molecule has 13 heavy (non-hydrogen) atoms. The minimum Gasteiger partial charge on any atom is -0.192 e. The van der Waals surface area contributed by atoms with Gasteiger partial charge in [-0.3, -0.25) is 0 Å². The zero-order chi connectivity index (χ0) is 9.68. The molecule has 0 bridgehead atoms. The van der Waals surface area contributed by atoms with Crippen molar-refractivity contribution in [2.24, 2.45) is 0 Å². The van der Waals surface area contributed by atoms with Gasteiger partial charge in [-0.2, -0.15) is 10.5 Å². The van der Waals surface area contributed by atoms with E-state index in [9.17, 15) is 0 Å². The van der Waals surface area contributed by atoms with E-state index in [4.69, 9.17) is 10.5 Å². The van der Waals surface area contributed by atoms with Crippen LogP contribution in [-0.2, 0) is 5.33 Å². The van der Waals surface area contributed by atoms with Gasteiger partial charge in [0.2, 0.25) is 0 Å². The molecule has 2 nitrogen and oxygen atoms in total. The van der Waals surface area contributed by atoms with E-state index in [0.717, 1.165) is 15.8 Å². The van der Waals surface area contributed by atoms with E-state index >= 15 is 0 Å². The summed E-state index contributed by atoms with van der Waals surface area (Å²) in [5.74, 6) is 0. The summed E-state index contributed by atoms with van der Waals surface area (Å²) in [5, 5.41) is 19.8. The van der Waals surface area contributed by atoms with Gasteiger partial charge in [-0.25, -0.2) is 0 Å². The van der Waals surface area contributed by atoms with Crippen molar-refractivity contribution < 1.29 is 0 Å². The molecule has 0 radical (unpaired) electrons. The average Bonchev–Trinajstić information content (AvgIpc) is 2.61. The Kier molecular flexibility index (Phi) is 3.70. The van der Waals surface area contributed by atoms with Crippen LogP contribution in [0.4, 0.5) is 0 Å². The third-order valence-corrected chi connectivity index (χ3v) is 2.95. The first-order valence-electron chi connectivity index (χ1n) is 3.46. The van der Waals surface area contributed by atoms with Crippen LogP contribution < -0.4 is 0 Å². The number of hydrogen-bond donors (Lipinski definition) is 0. The highest BCUT2D eigenvalue weighted by Gasteiger charge is 2.01. The van der Waals surface area contributed by atoms with E-state index < -0.39 is 0 Å². The minimum atomic E-state index is 0.143. The average molecular weight is 253 g/mol. The standard InChI is InChI=1S/C9H5BrN2S/c10-4-8-1-2-13-9(8)3-7(5-11)6-12/h1-3H,4H2. The molecular weight excluding hydrogens is 248 g/mol. The van der Waals surface area contributed by atoms with Crippen LogP contribution in [0, 0.1) is 22.7 Å². The Morgan fingerprint density at radius 3 is 2.77 bits per heavy atom. The minimum absolute atomic E-state index is 0.143. The van der Waals surface area contributed by atoms with Crippen LogP contribution in [0.5, 0.6) is 0 Å². The Labute approximate surface area is 88.9 Å². The number of alkyl halides is 1. The second kappa shape index (κ2) is 4.81. The topological polar surface area (TPSA) is 47.6 Å². The molecule has 1 rings (SSSR count). The van der Waals surface area contributed by atoms with Gasteiger partial charge in [0.1, 0.15) is 17.7 Å². The number of hydrogen-bond acceptors (Lipinski definition) is 3. The molecule has 0 N–H and O–H groups in total. The van der Waals surface area contributed by atoms with Crippen LogP contribution in [0.1, 0.15) is 10.4 Å². The van der Waals surface area contributed by atoms with Crippen LogP contribution in [0.25, 0.3) is 6.08 Å². The normalized spacial score (nSPS) is 8.54. The third kappa shape index (κ3) is 2.42. The molecule has 0 aliphatic rings. The van der Waals surface area contributed by atoms with E-state index in [1.807, 2.05) is 23.6 Å². The Morgan fingerprint density at radius 1 is 1.54 bits per heavy atom. The van der Waals surface area contributed by atoms with Crippen molar-refractivity contribution in [3.05, 3.63) is 27.5 Å². The highest BCUT2D eigenvalue weighted by atomic mass is 79.9. The molecule has 4 heteroatoms. The predicted octanol–water partition coefficient (Wildman–Crippen LogP) is 3.07. The lowest BCUT2D eigenvalue weighted by atomic mass is 10.2. The van der Waals surface area contributed by atoms with E-state index in [-0.39, 0.29) is 5.57 Å². The summed E-state index contributed by atoms with van der Waals surface area (Å²) in [7, 11) is 0. The van der Waals surface area contributed by atoms with Gasteiger partial charge in [0, 0.05) is 10.2 Å². The largest absolute Gasteiger partial charge is 0.192 e. The highest BCUT2D eigenvalue weighted by Crippen LogP contribution is 2.21. The molecule has 0 atom stereocenters. The van der Waals surface area contributed by atoms with Crippen molar-refractivity contribution in [3.63, 3.8) is 0 Å². The third-order valence-electron chi connectivity index (χ3n) is 1.44. The highest BCUT2D eigenvalue weighted by molar-refractivity contribution is 9.08. The molecule has 0 amide bonds. The molecule has 0 fully saturated rings. The molecular formula is C9H5BrN2S. The van der Waals surface area contributed by atoms with Gasteiger partial charge in [-0.1, -0.05) is 15.9 Å². The fraction of sp³-hybridized carbons (Fsp3) is 0.111. The molecule has 0 saturated heterocycles. The first kappa shape index (κ1) is 9.98. The lowest BCUT2D eigenvalue weighted by molar-refractivity contribution is 1.46. The monoisotopic (exact) mass is 252 g/mol. The zero-order valence-electron chi connectivity index (χ0n) is 6.62. The summed E-state index contributed by atoms with van der Waals surface area (Å²) in [5.41, 5.74) is 1.25. The van der Waals surface area contributed by atoms with Gasteiger partial charge in [0.15, 0.2) is 0 Å². The molecule has 0 saturated carbocycles. The van der Waals surface area contributed by atoms with Crippen LogP contribution >= 0.6 is 27.3 Å². The lowest BCUT2D eigenvalue weighted by Crippen LogP contribution is -1.76. The summed E-state index contributed by atoms with van der Waals surface area (Å²) in [4.78, 5) is 0.968. The molecule has 0 spiro atoms. The number of nitrogens with zero attached hydrogens (tertiary/aromatic N) is 2. The fourth-order valence-electron chi connectivity index (χ4n) is 0.805. The lowest BCUT2D eigenvalue weighted by Gasteiger charge is -1.91. The van der Waals surface area contributed by atoms with Crippen molar-refractivity contribution in [2.45, 2.75) is 5.33 Å². The molecule has 0 aromatic carbocycles.